The molecule has 1 saturated heterocycles. The molecular formula is C16H19F3N2O6. The maximum atomic E-state index is 13.5. The normalized spacial score (nSPS) is 25.3. The number of phenols is 1. The molecule has 0 radical (unpaired) electrons. The van der Waals surface area contributed by atoms with Crippen LogP contribution in [0.4, 0.5) is 18.0 Å². The van der Waals surface area contributed by atoms with Crippen LogP contribution in [0, 0.1) is 5.92 Å². The lowest BCUT2D eigenvalue weighted by Gasteiger charge is -2.44. The van der Waals surface area contributed by atoms with E-state index in [2.05, 4.69) is 10.1 Å². The highest BCUT2D eigenvalue weighted by Crippen LogP contribution is 2.44. The van der Waals surface area contributed by atoms with Crippen LogP contribution in [-0.4, -0.2) is 47.3 Å². The Kier molecular flexibility index (Phi) is 5.73. The number of urea groups is 1. The zero-order valence-corrected chi connectivity index (χ0v) is 14.5. The van der Waals surface area contributed by atoms with Crippen molar-refractivity contribution in [2.24, 2.45) is 5.92 Å². The lowest BCUT2D eigenvalue weighted by molar-refractivity contribution is -0.294. The number of ether oxygens (including phenoxy) is 2. The molecule has 0 unspecified atom stereocenters. The van der Waals surface area contributed by atoms with Gasteiger partial charge >= 0.3 is 18.2 Å². The maximum Gasteiger partial charge on any atom is 0.437 e. The van der Waals surface area contributed by atoms with Crippen LogP contribution in [0.2, 0.25) is 0 Å². The summed E-state index contributed by atoms with van der Waals surface area (Å²) in [6.07, 6.45) is -5.36. The number of halogens is 3. The van der Waals surface area contributed by atoms with Crippen LogP contribution in [0.15, 0.2) is 18.2 Å². The molecule has 4 N–H and O–H groups in total. The first-order chi connectivity index (χ1) is 12.5. The third-order valence-corrected chi connectivity index (χ3v) is 3.99. The Labute approximate surface area is 152 Å². The summed E-state index contributed by atoms with van der Waals surface area (Å²) in [7, 11) is 0. The molecule has 1 heterocycles. The molecule has 0 spiro atoms. The maximum absolute atomic E-state index is 13.5. The summed E-state index contributed by atoms with van der Waals surface area (Å²) in [6.45, 7) is 2.94. The minimum atomic E-state index is -5.36. The van der Waals surface area contributed by atoms with Crippen molar-refractivity contribution >= 4 is 12.0 Å². The molecule has 0 aromatic heterocycles. The van der Waals surface area contributed by atoms with Gasteiger partial charge in [0.1, 0.15) is 5.92 Å². The number of esters is 1. The minimum absolute atomic E-state index is 0.00632. The van der Waals surface area contributed by atoms with Crippen molar-refractivity contribution in [1.29, 1.82) is 0 Å². The molecule has 1 aromatic carbocycles. The molecule has 0 saturated carbocycles. The second kappa shape index (κ2) is 7.51. The smallest absolute Gasteiger partial charge is 0.437 e. The number of alkyl halides is 3. The number of benzene rings is 1. The first kappa shape index (κ1) is 20.6. The highest BCUT2D eigenvalue weighted by Gasteiger charge is 2.67. The van der Waals surface area contributed by atoms with Gasteiger partial charge in [-0.1, -0.05) is 6.07 Å². The Bertz CT molecular complexity index is 727. The Hall–Kier alpha value is -2.69. The van der Waals surface area contributed by atoms with Gasteiger partial charge in [0.15, 0.2) is 11.5 Å². The van der Waals surface area contributed by atoms with E-state index in [0.717, 1.165) is 6.07 Å². The summed E-state index contributed by atoms with van der Waals surface area (Å²) in [5.41, 5.74) is -3.84. The number of nitrogens with one attached hydrogen (secondary N) is 2. The molecule has 0 bridgehead atoms. The van der Waals surface area contributed by atoms with E-state index >= 15 is 0 Å². The molecule has 1 fully saturated rings. The zero-order valence-electron chi connectivity index (χ0n) is 14.5. The van der Waals surface area contributed by atoms with Crippen molar-refractivity contribution in [3.8, 4) is 11.5 Å². The van der Waals surface area contributed by atoms with E-state index < -0.39 is 35.9 Å². The van der Waals surface area contributed by atoms with Gasteiger partial charge in [0.2, 0.25) is 0 Å². The standard InChI is InChI=1S/C16H19F3N2O6/c1-3-26-10-7-8(5-6-9(10)22)12-11(13(23)27-4-2)15(25,16(17,18)19)21-14(24)20-12/h5-7,11-12,22,25H,3-4H2,1-2H3,(H2,20,21,24)/t11-,12+,15-/m0/s1. The molecule has 1 aromatic rings. The second-order valence-electron chi connectivity index (χ2n) is 5.73. The number of rotatable bonds is 5. The molecular weight excluding hydrogens is 373 g/mol. The van der Waals surface area contributed by atoms with Crippen molar-refractivity contribution in [1.82, 2.24) is 10.6 Å². The first-order valence-electron chi connectivity index (χ1n) is 8.05. The summed E-state index contributed by atoms with van der Waals surface area (Å²) in [5.74, 6) is -3.93. The summed E-state index contributed by atoms with van der Waals surface area (Å²) < 4.78 is 50.5. The summed E-state index contributed by atoms with van der Waals surface area (Å²) in [6, 6.07) is 0.606. The van der Waals surface area contributed by atoms with E-state index in [1.54, 1.807) is 6.92 Å². The third kappa shape index (κ3) is 3.87. The molecule has 0 aliphatic carbocycles. The second-order valence-corrected chi connectivity index (χ2v) is 5.73. The fourth-order valence-electron chi connectivity index (χ4n) is 2.81. The molecule has 27 heavy (non-hydrogen) atoms. The van der Waals surface area contributed by atoms with Crippen molar-refractivity contribution in [3.05, 3.63) is 23.8 Å². The van der Waals surface area contributed by atoms with Crippen LogP contribution in [0.5, 0.6) is 11.5 Å². The average molecular weight is 392 g/mol. The van der Waals surface area contributed by atoms with Crippen LogP contribution in [0.25, 0.3) is 0 Å². The highest BCUT2D eigenvalue weighted by molar-refractivity contribution is 5.83. The summed E-state index contributed by atoms with van der Waals surface area (Å²) in [5, 5.41) is 23.5. The van der Waals surface area contributed by atoms with Crippen LogP contribution in [0.1, 0.15) is 25.5 Å². The van der Waals surface area contributed by atoms with Crippen LogP contribution < -0.4 is 15.4 Å². The molecule has 8 nitrogen and oxygen atoms in total. The van der Waals surface area contributed by atoms with Gasteiger partial charge < -0.3 is 30.3 Å². The van der Waals surface area contributed by atoms with E-state index in [0.29, 0.717) is 0 Å². The number of hydrogen-bond donors (Lipinski definition) is 4. The van der Waals surface area contributed by atoms with Crippen molar-refractivity contribution in [2.45, 2.75) is 31.8 Å². The molecule has 2 rings (SSSR count). The number of amides is 2. The zero-order chi connectivity index (χ0) is 20.4. The number of aromatic hydroxyl groups is 1. The lowest BCUT2D eigenvalue weighted by Crippen LogP contribution is -2.73. The molecule has 2 amide bonds. The van der Waals surface area contributed by atoms with Crippen LogP contribution >= 0.6 is 0 Å². The van der Waals surface area contributed by atoms with Crippen molar-refractivity contribution < 1.29 is 42.4 Å². The molecule has 150 valence electrons. The van der Waals surface area contributed by atoms with Gasteiger partial charge in [-0.05, 0) is 31.5 Å². The van der Waals surface area contributed by atoms with Gasteiger partial charge in [0.25, 0.3) is 5.72 Å². The Morgan fingerprint density at radius 1 is 1.30 bits per heavy atom. The fraction of sp³-hybridized carbons (Fsp3) is 0.500. The first-order valence-corrected chi connectivity index (χ1v) is 8.05. The number of carbonyl (C=O) groups excluding carboxylic acids is 2. The molecule has 11 heteroatoms. The number of hydrogen-bond acceptors (Lipinski definition) is 6. The Morgan fingerprint density at radius 3 is 2.52 bits per heavy atom. The van der Waals surface area contributed by atoms with Gasteiger partial charge in [-0.25, -0.2) is 4.79 Å². The van der Waals surface area contributed by atoms with Gasteiger partial charge in [0.05, 0.1) is 19.3 Å². The summed E-state index contributed by atoms with van der Waals surface area (Å²) in [4.78, 5) is 24.1. The number of carbonyl (C=O) groups is 2. The number of phenolic OH excluding ortho intramolecular Hbond substituents is 1. The predicted octanol–water partition coefficient (Wildman–Crippen LogP) is 1.57. The van der Waals surface area contributed by atoms with Crippen LogP contribution in [-0.2, 0) is 9.53 Å². The van der Waals surface area contributed by atoms with E-state index in [4.69, 9.17) is 4.74 Å². The van der Waals surface area contributed by atoms with Crippen molar-refractivity contribution in [3.63, 3.8) is 0 Å². The predicted molar refractivity (Wildman–Crippen MR) is 84.8 cm³/mol. The summed E-state index contributed by atoms with van der Waals surface area (Å²) >= 11 is 0. The van der Waals surface area contributed by atoms with Crippen LogP contribution in [0.3, 0.4) is 0 Å². The monoisotopic (exact) mass is 392 g/mol. The largest absolute Gasteiger partial charge is 0.504 e. The van der Waals surface area contributed by atoms with Gasteiger partial charge in [-0.15, -0.1) is 0 Å². The Balaban J connectivity index is 2.58. The van der Waals surface area contributed by atoms with E-state index in [-0.39, 0.29) is 30.3 Å². The molecule has 3 atom stereocenters. The third-order valence-electron chi connectivity index (χ3n) is 3.99. The number of aliphatic hydroxyl groups is 1. The fourth-order valence-corrected chi connectivity index (χ4v) is 2.81. The van der Waals surface area contributed by atoms with E-state index in [1.807, 2.05) is 0 Å². The van der Waals surface area contributed by atoms with Gasteiger partial charge in [-0.3, -0.25) is 4.79 Å². The SMILES string of the molecule is CCOC(=O)[C@@H]1[C@@H](c2ccc(O)c(OCC)c2)NC(=O)N[C@@]1(O)C(F)(F)F. The average Bonchev–Trinajstić information content (AvgIpc) is 2.55. The van der Waals surface area contributed by atoms with Crippen molar-refractivity contribution in [2.75, 3.05) is 13.2 Å². The topological polar surface area (TPSA) is 117 Å². The minimum Gasteiger partial charge on any atom is -0.504 e. The Morgan fingerprint density at radius 2 is 1.96 bits per heavy atom. The highest BCUT2D eigenvalue weighted by atomic mass is 19.4. The molecule has 1 aliphatic heterocycles. The van der Waals surface area contributed by atoms with Gasteiger partial charge in [-0.2, -0.15) is 13.2 Å². The molecule has 1 aliphatic rings. The van der Waals surface area contributed by atoms with Gasteiger partial charge in [0, 0.05) is 0 Å². The van der Waals surface area contributed by atoms with E-state index in [1.165, 1.54) is 24.4 Å². The van der Waals surface area contributed by atoms with E-state index in [9.17, 15) is 33.0 Å². The lowest BCUT2D eigenvalue weighted by atomic mass is 9.82. The quantitative estimate of drug-likeness (QED) is 0.565.